The van der Waals surface area contributed by atoms with Gasteiger partial charge >= 0.3 is 0 Å². The van der Waals surface area contributed by atoms with Gasteiger partial charge in [-0.05, 0) is 43.7 Å². The Kier molecular flexibility index (Phi) is 5.53. The van der Waals surface area contributed by atoms with Gasteiger partial charge in [0.2, 0.25) is 0 Å². The maximum atomic E-state index is 9.14. The number of aryl methyl sites for hydroxylation is 1. The van der Waals surface area contributed by atoms with Crippen LogP contribution in [0.4, 0.5) is 0 Å². The van der Waals surface area contributed by atoms with Crippen LogP contribution in [0.3, 0.4) is 0 Å². The number of rotatable bonds is 5. The van der Waals surface area contributed by atoms with Gasteiger partial charge in [0.15, 0.2) is 5.52 Å². The van der Waals surface area contributed by atoms with Crippen LogP contribution in [0.15, 0.2) is 42.5 Å². The van der Waals surface area contributed by atoms with Crippen LogP contribution in [0.1, 0.15) is 19.3 Å². The molecule has 0 saturated heterocycles. The van der Waals surface area contributed by atoms with E-state index in [0.717, 1.165) is 43.4 Å². The predicted octanol–water partition coefficient (Wildman–Crippen LogP) is 2.22. The number of unbranched alkanes of at least 4 members (excludes halogenated alkanes) is 2. The summed E-state index contributed by atoms with van der Waals surface area (Å²) in [5.41, 5.74) is 8.57. The van der Waals surface area contributed by atoms with Crippen LogP contribution < -0.4 is 5.73 Å². The molecule has 8 heteroatoms. The van der Waals surface area contributed by atoms with Crippen molar-refractivity contribution in [1.82, 2.24) is 30.4 Å². The second kappa shape index (κ2) is 8.20. The van der Waals surface area contributed by atoms with Crippen molar-refractivity contribution in [2.24, 2.45) is 5.73 Å². The lowest BCUT2D eigenvalue weighted by Crippen LogP contribution is -2.04. The molecule has 2 aromatic carbocycles. The summed E-state index contributed by atoms with van der Waals surface area (Å²) < 4.78 is 0. The summed E-state index contributed by atoms with van der Waals surface area (Å²) in [7, 11) is 0. The van der Waals surface area contributed by atoms with Gasteiger partial charge in [0.1, 0.15) is 22.3 Å². The zero-order chi connectivity index (χ0) is 17.5. The van der Waals surface area contributed by atoms with E-state index in [2.05, 4.69) is 25.6 Å². The van der Waals surface area contributed by atoms with Crippen LogP contribution in [-0.4, -0.2) is 42.1 Å². The normalized spacial score (nSPS) is 10.8. The number of hydrogen-bond acceptors (Lipinski definition) is 6. The predicted molar refractivity (Wildman–Crippen MR) is 96.0 cm³/mol. The molecule has 0 radical (unpaired) electrons. The molecule has 0 aliphatic rings. The van der Waals surface area contributed by atoms with E-state index >= 15 is 0 Å². The van der Waals surface area contributed by atoms with Gasteiger partial charge in [-0.2, -0.15) is 30.4 Å². The third-order valence-corrected chi connectivity index (χ3v) is 3.72. The zero-order valence-corrected chi connectivity index (χ0v) is 13.8. The van der Waals surface area contributed by atoms with Crippen LogP contribution in [0.5, 0.6) is 5.75 Å². The molecule has 0 bridgehead atoms. The highest BCUT2D eigenvalue weighted by molar-refractivity contribution is 5.79. The molecule has 2 heterocycles. The molecule has 25 heavy (non-hydrogen) atoms. The van der Waals surface area contributed by atoms with Gasteiger partial charge in [0, 0.05) is 0 Å². The van der Waals surface area contributed by atoms with Gasteiger partial charge in [-0.1, -0.05) is 24.6 Å². The smallest absolute Gasteiger partial charge is 0.154 e. The summed E-state index contributed by atoms with van der Waals surface area (Å²) in [5, 5.41) is 27.8. The van der Waals surface area contributed by atoms with Crippen LogP contribution in [0.25, 0.3) is 22.1 Å². The topological polar surface area (TPSA) is 119 Å². The second-order valence-electron chi connectivity index (χ2n) is 5.60. The SMILES string of the molecule is NCCCCCn1nc2ccccc2n1.Oc1cccc2n[nH]nc12. The molecule has 0 aliphatic heterocycles. The van der Waals surface area contributed by atoms with Crippen LogP contribution in [-0.2, 0) is 6.54 Å². The molecule has 0 aliphatic carbocycles. The molecule has 8 nitrogen and oxygen atoms in total. The summed E-state index contributed by atoms with van der Waals surface area (Å²) in [4.78, 5) is 1.78. The monoisotopic (exact) mass is 339 g/mol. The minimum absolute atomic E-state index is 0.159. The van der Waals surface area contributed by atoms with E-state index in [4.69, 9.17) is 10.8 Å². The first-order chi connectivity index (χ1) is 12.3. The quantitative estimate of drug-likeness (QED) is 0.480. The Morgan fingerprint density at radius 3 is 2.28 bits per heavy atom. The third kappa shape index (κ3) is 4.30. The zero-order valence-electron chi connectivity index (χ0n) is 13.8. The van der Waals surface area contributed by atoms with Crippen LogP contribution >= 0.6 is 0 Å². The fourth-order valence-electron chi connectivity index (χ4n) is 2.43. The fraction of sp³-hybridized carbons (Fsp3) is 0.294. The minimum Gasteiger partial charge on any atom is -0.506 e. The number of aromatic amines is 1. The van der Waals surface area contributed by atoms with Crippen molar-refractivity contribution in [2.45, 2.75) is 25.8 Å². The Labute approximate surface area is 144 Å². The van der Waals surface area contributed by atoms with E-state index in [9.17, 15) is 0 Å². The average molecular weight is 339 g/mol. The molecule has 0 unspecified atom stereocenters. The van der Waals surface area contributed by atoms with Crippen molar-refractivity contribution in [3.05, 3.63) is 42.5 Å². The number of benzene rings is 2. The number of fused-ring (bicyclic) bond motifs is 2. The Bertz CT molecular complexity index is 898. The number of phenolic OH excluding ortho intramolecular Hbond substituents is 1. The van der Waals surface area contributed by atoms with E-state index in [1.807, 2.05) is 24.3 Å². The van der Waals surface area contributed by atoms with Crippen molar-refractivity contribution in [3.8, 4) is 5.75 Å². The van der Waals surface area contributed by atoms with Crippen LogP contribution in [0, 0.1) is 0 Å². The molecule has 130 valence electrons. The number of nitrogens with zero attached hydrogens (tertiary/aromatic N) is 5. The van der Waals surface area contributed by atoms with Gasteiger partial charge in [-0.15, -0.1) is 0 Å². The Morgan fingerprint density at radius 1 is 0.880 bits per heavy atom. The van der Waals surface area contributed by atoms with Crippen molar-refractivity contribution in [1.29, 1.82) is 0 Å². The number of nitrogens with one attached hydrogen (secondary N) is 1. The van der Waals surface area contributed by atoms with Gasteiger partial charge in [0.05, 0.1) is 6.54 Å². The standard InChI is InChI=1S/C11H16N4.C6H5N3O/c12-8-4-1-5-9-15-13-10-6-2-3-7-11(10)14-15;10-5-3-1-2-4-6(5)8-9-7-4/h2-3,6-7H,1,4-5,8-9,12H2;1-3,10H,(H,7,8,9). The summed E-state index contributed by atoms with van der Waals surface area (Å²) in [6.45, 7) is 1.66. The molecule has 0 fully saturated rings. The van der Waals surface area contributed by atoms with Gasteiger partial charge < -0.3 is 10.8 Å². The number of nitrogens with two attached hydrogens (primary N) is 1. The molecule has 0 atom stereocenters. The summed E-state index contributed by atoms with van der Waals surface area (Å²) in [5.74, 6) is 0.159. The van der Waals surface area contributed by atoms with E-state index in [1.54, 1.807) is 23.0 Å². The molecule has 0 saturated carbocycles. The highest BCUT2D eigenvalue weighted by atomic mass is 16.3. The van der Waals surface area contributed by atoms with Gasteiger partial charge in [-0.3, -0.25) is 0 Å². The maximum absolute atomic E-state index is 9.14. The van der Waals surface area contributed by atoms with Crippen molar-refractivity contribution in [3.63, 3.8) is 0 Å². The molecular weight excluding hydrogens is 318 g/mol. The number of aromatic nitrogens is 6. The van der Waals surface area contributed by atoms with E-state index in [1.165, 1.54) is 0 Å². The molecule has 2 aromatic heterocycles. The van der Waals surface area contributed by atoms with Crippen LogP contribution in [0.2, 0.25) is 0 Å². The van der Waals surface area contributed by atoms with E-state index in [-0.39, 0.29) is 5.75 Å². The molecule has 4 N–H and O–H groups in total. The fourth-order valence-corrected chi connectivity index (χ4v) is 2.43. The van der Waals surface area contributed by atoms with Crippen molar-refractivity contribution < 1.29 is 5.11 Å². The Balaban J connectivity index is 0.000000157. The lowest BCUT2D eigenvalue weighted by molar-refractivity contribution is 0.480. The van der Waals surface area contributed by atoms with Crippen molar-refractivity contribution in [2.75, 3.05) is 6.54 Å². The number of H-pyrrole nitrogens is 1. The largest absolute Gasteiger partial charge is 0.506 e. The minimum atomic E-state index is 0.159. The highest BCUT2D eigenvalue weighted by Crippen LogP contribution is 2.18. The average Bonchev–Trinajstić information content (AvgIpc) is 3.26. The third-order valence-electron chi connectivity index (χ3n) is 3.72. The molecule has 0 amide bonds. The molecule has 0 spiro atoms. The summed E-state index contributed by atoms with van der Waals surface area (Å²) >= 11 is 0. The van der Waals surface area contributed by atoms with Gasteiger partial charge in [-0.25, -0.2) is 0 Å². The highest BCUT2D eigenvalue weighted by Gasteiger charge is 2.01. The Morgan fingerprint density at radius 2 is 1.60 bits per heavy atom. The summed E-state index contributed by atoms with van der Waals surface area (Å²) in [6, 6.07) is 13.0. The van der Waals surface area contributed by atoms with Crippen molar-refractivity contribution >= 4 is 22.1 Å². The number of phenols is 1. The first-order valence-electron chi connectivity index (χ1n) is 8.26. The van der Waals surface area contributed by atoms with E-state index < -0.39 is 0 Å². The molecule has 4 rings (SSSR count). The first kappa shape index (κ1) is 16.8. The second-order valence-corrected chi connectivity index (χ2v) is 5.60. The first-order valence-corrected chi connectivity index (χ1v) is 8.26. The maximum Gasteiger partial charge on any atom is 0.154 e. The number of hydrogen-bond donors (Lipinski definition) is 3. The lowest BCUT2D eigenvalue weighted by atomic mass is 10.2. The number of aromatic hydroxyl groups is 1. The Hall–Kier alpha value is -3.00. The number of para-hydroxylation sites is 1. The molecular formula is C17H21N7O. The van der Waals surface area contributed by atoms with Gasteiger partial charge in [0.25, 0.3) is 0 Å². The lowest BCUT2D eigenvalue weighted by Gasteiger charge is -1.98. The molecule has 4 aromatic rings. The summed E-state index contributed by atoms with van der Waals surface area (Å²) in [6.07, 6.45) is 3.33. The van der Waals surface area contributed by atoms with E-state index in [0.29, 0.717) is 11.0 Å².